The molecular formula is C27H41ClN4O9. The van der Waals surface area contributed by atoms with Crippen molar-refractivity contribution in [1.82, 2.24) is 20.2 Å². The molecule has 5 N–H and O–H groups in total. The van der Waals surface area contributed by atoms with Crippen LogP contribution in [-0.2, 0) is 23.8 Å². The lowest BCUT2D eigenvalue weighted by molar-refractivity contribution is -0.122. The second-order valence-corrected chi connectivity index (χ2v) is 9.81. The van der Waals surface area contributed by atoms with Crippen LogP contribution < -0.4 is 21.9 Å². The molecule has 1 aromatic heterocycles. The fraction of sp³-hybridized carbons (Fsp3) is 0.704. The number of nitrogens with zero attached hydrogens (tertiary/aromatic N) is 1. The number of carbonyl (C=O) groups excluding carboxylic acids is 2. The highest BCUT2D eigenvalue weighted by molar-refractivity contribution is 6.17. The minimum absolute atomic E-state index is 0.0218. The summed E-state index contributed by atoms with van der Waals surface area (Å²) in [5, 5.41) is 24.4. The summed E-state index contributed by atoms with van der Waals surface area (Å²) in [6.45, 7) is 1.98. The van der Waals surface area contributed by atoms with E-state index >= 15 is 0 Å². The largest absolute Gasteiger partial charge is 0.394 e. The van der Waals surface area contributed by atoms with Gasteiger partial charge in [-0.25, -0.2) is 4.79 Å². The van der Waals surface area contributed by atoms with E-state index in [1.807, 2.05) is 0 Å². The number of aromatic amines is 1. The topological polar surface area (TPSA) is 181 Å². The third-order valence-electron chi connectivity index (χ3n) is 6.18. The molecule has 0 saturated carbocycles. The van der Waals surface area contributed by atoms with Crippen molar-refractivity contribution in [2.24, 2.45) is 0 Å². The molecular weight excluding hydrogens is 560 g/mol. The fourth-order valence-electron chi connectivity index (χ4n) is 3.94. The number of rotatable bonds is 19. The number of hydrogen-bond acceptors (Lipinski definition) is 9. The number of unbranched alkanes of at least 4 members (excludes halogenated alkanes) is 3. The number of hydrogen-bond donors (Lipinski definition) is 5. The summed E-state index contributed by atoms with van der Waals surface area (Å²) in [5.41, 5.74) is -1.45. The molecule has 1 aromatic rings. The molecule has 14 heteroatoms. The second kappa shape index (κ2) is 20.2. The second-order valence-electron chi connectivity index (χ2n) is 9.43. The number of alkyl halides is 1. The summed E-state index contributed by atoms with van der Waals surface area (Å²) < 4.78 is 17.4. The highest BCUT2D eigenvalue weighted by atomic mass is 35.5. The monoisotopic (exact) mass is 600 g/mol. The Kier molecular flexibility index (Phi) is 17.0. The molecule has 0 aromatic carbocycles. The smallest absolute Gasteiger partial charge is 0.330 e. The lowest BCUT2D eigenvalue weighted by atomic mass is 10.2. The molecule has 3 atom stereocenters. The molecule has 1 aliphatic rings. The van der Waals surface area contributed by atoms with Crippen LogP contribution in [0.3, 0.4) is 0 Å². The van der Waals surface area contributed by atoms with Gasteiger partial charge in [-0.1, -0.05) is 24.7 Å². The Bertz CT molecular complexity index is 1110. The van der Waals surface area contributed by atoms with Crippen LogP contribution in [0.25, 0.3) is 0 Å². The Balaban J connectivity index is 1.56. The van der Waals surface area contributed by atoms with Crippen molar-refractivity contribution in [3.63, 3.8) is 0 Å². The first-order valence-corrected chi connectivity index (χ1v) is 14.4. The number of ether oxygens (including phenoxy) is 3. The molecule has 1 saturated heterocycles. The lowest BCUT2D eigenvalue weighted by Crippen LogP contribution is -2.33. The Morgan fingerprint density at radius 1 is 1.05 bits per heavy atom. The first-order valence-electron chi connectivity index (χ1n) is 13.9. The number of carbonyl (C=O) groups is 2. The van der Waals surface area contributed by atoms with Gasteiger partial charge in [-0.15, -0.1) is 11.6 Å². The molecule has 0 bridgehead atoms. The van der Waals surface area contributed by atoms with E-state index < -0.39 is 36.3 Å². The number of aromatic nitrogens is 2. The molecule has 2 rings (SSSR count). The zero-order valence-electron chi connectivity index (χ0n) is 23.2. The molecule has 0 spiro atoms. The minimum Gasteiger partial charge on any atom is -0.394 e. The zero-order valence-corrected chi connectivity index (χ0v) is 24.0. The third kappa shape index (κ3) is 13.7. The van der Waals surface area contributed by atoms with E-state index in [0.29, 0.717) is 45.3 Å². The number of H-pyrrole nitrogens is 1. The maximum atomic E-state index is 12.1. The van der Waals surface area contributed by atoms with Gasteiger partial charge in [-0.2, -0.15) is 0 Å². The maximum Gasteiger partial charge on any atom is 0.330 e. The Hall–Kier alpha value is -2.73. The number of aliphatic hydroxyl groups is 2. The third-order valence-corrected chi connectivity index (χ3v) is 6.45. The van der Waals surface area contributed by atoms with E-state index in [4.69, 9.17) is 25.8 Å². The normalized spacial score (nSPS) is 18.1. The van der Waals surface area contributed by atoms with Gasteiger partial charge in [0.2, 0.25) is 11.8 Å². The Morgan fingerprint density at radius 2 is 1.76 bits per heavy atom. The van der Waals surface area contributed by atoms with E-state index in [0.717, 1.165) is 30.3 Å². The van der Waals surface area contributed by atoms with Gasteiger partial charge >= 0.3 is 5.69 Å². The number of nitrogens with one attached hydrogen (secondary N) is 3. The standard InChI is InChI=1S/C27H41ClN4O9/c28-10-3-1-2-4-13-39-15-16-40-14-12-30-24(36)9-5-8-23(35)29-11-6-7-20-18-32(27(38)31-26(20)37)25-17-21(34)22(19-33)41-25/h18,21-22,25,33-34H,1-5,8-17,19H2,(H,29,35)(H,30,36)(H,31,37,38)/t21?,22-,25-/m1/s1. The van der Waals surface area contributed by atoms with E-state index in [1.165, 1.54) is 6.20 Å². The summed E-state index contributed by atoms with van der Waals surface area (Å²) in [7, 11) is 0. The van der Waals surface area contributed by atoms with Crippen molar-refractivity contribution >= 4 is 23.4 Å². The molecule has 0 radical (unpaired) electrons. The molecule has 2 amide bonds. The molecule has 2 heterocycles. The van der Waals surface area contributed by atoms with Gasteiger partial charge in [0, 0.05) is 44.5 Å². The first-order chi connectivity index (χ1) is 19.8. The van der Waals surface area contributed by atoms with Crippen molar-refractivity contribution in [2.45, 2.75) is 69.8 Å². The van der Waals surface area contributed by atoms with Crippen LogP contribution >= 0.6 is 11.6 Å². The minimum atomic E-state index is -0.948. The average molecular weight is 601 g/mol. The summed E-state index contributed by atoms with van der Waals surface area (Å²) in [6.07, 6.45) is 3.60. The molecule has 41 heavy (non-hydrogen) atoms. The van der Waals surface area contributed by atoms with E-state index in [-0.39, 0.29) is 43.2 Å². The quantitative estimate of drug-likeness (QED) is 0.0813. The molecule has 230 valence electrons. The SMILES string of the molecule is O=C(CCCC(=O)NCCOCCOCCCCCCCl)NCC#Cc1cn([C@H]2CC(O)[C@@H](CO)O2)c(=O)[nH]c1=O. The molecule has 13 nitrogen and oxygen atoms in total. The van der Waals surface area contributed by atoms with Crippen molar-refractivity contribution in [1.29, 1.82) is 0 Å². The van der Waals surface area contributed by atoms with Crippen LogP contribution in [0.1, 0.15) is 63.2 Å². The van der Waals surface area contributed by atoms with Gasteiger partial charge in [0.1, 0.15) is 17.9 Å². The van der Waals surface area contributed by atoms with Crippen molar-refractivity contribution in [2.75, 3.05) is 52.0 Å². The van der Waals surface area contributed by atoms with E-state index in [2.05, 4.69) is 27.5 Å². The predicted octanol–water partition coefficient (Wildman–Crippen LogP) is -0.236. The van der Waals surface area contributed by atoms with Crippen molar-refractivity contribution in [3.05, 3.63) is 32.6 Å². The van der Waals surface area contributed by atoms with Crippen LogP contribution in [0.15, 0.2) is 15.8 Å². The van der Waals surface area contributed by atoms with Gasteiger partial charge in [-0.05, 0) is 19.3 Å². The van der Waals surface area contributed by atoms with Crippen molar-refractivity contribution < 1.29 is 34.0 Å². The summed E-state index contributed by atoms with van der Waals surface area (Å²) in [4.78, 5) is 50.3. The Morgan fingerprint density at radius 3 is 2.46 bits per heavy atom. The highest BCUT2D eigenvalue weighted by Crippen LogP contribution is 2.27. The molecule has 1 fully saturated rings. The molecule has 1 aliphatic heterocycles. The van der Waals surface area contributed by atoms with E-state index in [1.54, 1.807) is 0 Å². The number of amides is 2. The lowest BCUT2D eigenvalue weighted by Gasteiger charge is -2.14. The van der Waals surface area contributed by atoms with Gasteiger partial charge in [-0.3, -0.25) is 23.9 Å². The fourth-order valence-corrected chi connectivity index (χ4v) is 4.13. The molecule has 1 unspecified atom stereocenters. The van der Waals surface area contributed by atoms with Crippen LogP contribution in [0.4, 0.5) is 0 Å². The summed E-state index contributed by atoms with van der Waals surface area (Å²) in [6, 6.07) is 0. The maximum absolute atomic E-state index is 12.1. The number of aliphatic hydroxyl groups excluding tert-OH is 2. The average Bonchev–Trinajstić information content (AvgIpc) is 3.32. The molecule has 0 aliphatic carbocycles. The van der Waals surface area contributed by atoms with Gasteiger partial charge < -0.3 is 35.1 Å². The predicted molar refractivity (Wildman–Crippen MR) is 151 cm³/mol. The van der Waals surface area contributed by atoms with Crippen LogP contribution in [0.5, 0.6) is 0 Å². The number of halogens is 1. The summed E-state index contributed by atoms with van der Waals surface area (Å²) >= 11 is 5.63. The van der Waals surface area contributed by atoms with Gasteiger partial charge in [0.15, 0.2) is 0 Å². The van der Waals surface area contributed by atoms with Gasteiger partial charge in [0.25, 0.3) is 5.56 Å². The summed E-state index contributed by atoms with van der Waals surface area (Å²) in [5.74, 6) is 5.49. The van der Waals surface area contributed by atoms with Crippen LogP contribution in [0, 0.1) is 11.8 Å². The zero-order chi connectivity index (χ0) is 29.9. The Labute approximate surface area is 243 Å². The van der Waals surface area contributed by atoms with E-state index in [9.17, 15) is 29.4 Å². The first kappa shape index (κ1) is 34.5. The highest BCUT2D eigenvalue weighted by Gasteiger charge is 2.35. The van der Waals surface area contributed by atoms with Crippen LogP contribution in [-0.4, -0.2) is 95.8 Å². The van der Waals surface area contributed by atoms with Crippen LogP contribution in [0.2, 0.25) is 0 Å². The van der Waals surface area contributed by atoms with Crippen molar-refractivity contribution in [3.8, 4) is 11.8 Å². The van der Waals surface area contributed by atoms with Gasteiger partial charge in [0.05, 0.1) is 39.1 Å².